The number of aliphatic hydroxyl groups is 1. The Hall–Kier alpha value is -0.120. The molecule has 0 aliphatic heterocycles. The summed E-state index contributed by atoms with van der Waals surface area (Å²) in [6, 6.07) is 0.111. The SMILES string of the molecule is CNC(C)C(O)NC. The van der Waals surface area contributed by atoms with Crippen LogP contribution in [0.2, 0.25) is 0 Å². The summed E-state index contributed by atoms with van der Waals surface area (Å²) in [5.41, 5.74) is 0. The van der Waals surface area contributed by atoms with Gasteiger partial charge in [-0.2, -0.15) is 0 Å². The molecule has 0 fully saturated rings. The highest BCUT2D eigenvalue weighted by Crippen LogP contribution is 1.83. The normalized spacial score (nSPS) is 18.0. The van der Waals surface area contributed by atoms with Crippen molar-refractivity contribution in [2.45, 2.75) is 19.2 Å². The van der Waals surface area contributed by atoms with Crippen LogP contribution < -0.4 is 10.6 Å². The fourth-order valence-corrected chi connectivity index (χ4v) is 0.408. The summed E-state index contributed by atoms with van der Waals surface area (Å²) in [4.78, 5) is 0. The zero-order valence-corrected chi connectivity index (χ0v) is 5.60. The Morgan fingerprint density at radius 3 is 1.88 bits per heavy atom. The van der Waals surface area contributed by atoms with Crippen molar-refractivity contribution in [3.8, 4) is 0 Å². The first-order valence-corrected chi connectivity index (χ1v) is 2.75. The van der Waals surface area contributed by atoms with E-state index in [0.717, 1.165) is 0 Å². The van der Waals surface area contributed by atoms with Crippen molar-refractivity contribution in [3.63, 3.8) is 0 Å². The monoisotopic (exact) mass is 118 g/mol. The molecule has 3 nitrogen and oxygen atoms in total. The van der Waals surface area contributed by atoms with Crippen LogP contribution in [-0.2, 0) is 0 Å². The minimum atomic E-state index is -0.444. The van der Waals surface area contributed by atoms with Crippen LogP contribution in [-0.4, -0.2) is 31.5 Å². The molecule has 0 rings (SSSR count). The van der Waals surface area contributed by atoms with Crippen LogP contribution >= 0.6 is 0 Å². The van der Waals surface area contributed by atoms with Crippen LogP contribution in [0.5, 0.6) is 0 Å². The molecule has 2 atom stereocenters. The Morgan fingerprint density at radius 1 is 1.25 bits per heavy atom. The van der Waals surface area contributed by atoms with Gasteiger partial charge in [-0.25, -0.2) is 0 Å². The first kappa shape index (κ1) is 7.88. The third kappa shape index (κ3) is 2.26. The fraction of sp³-hybridized carbons (Fsp3) is 1.00. The highest BCUT2D eigenvalue weighted by Gasteiger charge is 2.06. The van der Waals surface area contributed by atoms with Gasteiger partial charge in [0.1, 0.15) is 6.23 Å². The number of aliphatic hydroxyl groups excluding tert-OH is 1. The maximum absolute atomic E-state index is 8.95. The van der Waals surface area contributed by atoms with Crippen molar-refractivity contribution in [2.24, 2.45) is 0 Å². The average molecular weight is 118 g/mol. The van der Waals surface area contributed by atoms with E-state index in [4.69, 9.17) is 5.11 Å². The molecule has 0 aromatic heterocycles. The van der Waals surface area contributed by atoms with E-state index in [1.54, 1.807) is 7.05 Å². The lowest BCUT2D eigenvalue weighted by molar-refractivity contribution is 0.112. The van der Waals surface area contributed by atoms with Gasteiger partial charge in [0.2, 0.25) is 0 Å². The second-order valence-electron chi connectivity index (χ2n) is 1.81. The van der Waals surface area contributed by atoms with Crippen molar-refractivity contribution in [1.29, 1.82) is 0 Å². The minimum Gasteiger partial charge on any atom is -0.377 e. The molecule has 0 spiro atoms. The van der Waals surface area contributed by atoms with Crippen molar-refractivity contribution < 1.29 is 5.11 Å². The lowest BCUT2D eigenvalue weighted by Crippen LogP contribution is -2.42. The third-order valence-electron chi connectivity index (χ3n) is 1.22. The molecule has 0 aromatic rings. The van der Waals surface area contributed by atoms with Crippen LogP contribution in [0.4, 0.5) is 0 Å². The first-order chi connectivity index (χ1) is 3.72. The van der Waals surface area contributed by atoms with Gasteiger partial charge in [-0.15, -0.1) is 0 Å². The number of hydrogen-bond donors (Lipinski definition) is 3. The Bertz CT molecular complexity index is 50.4. The van der Waals surface area contributed by atoms with Gasteiger partial charge < -0.3 is 10.4 Å². The molecule has 3 heteroatoms. The van der Waals surface area contributed by atoms with Crippen molar-refractivity contribution in [1.82, 2.24) is 10.6 Å². The Balaban J connectivity index is 3.29. The summed E-state index contributed by atoms with van der Waals surface area (Å²) >= 11 is 0. The standard InChI is InChI=1S/C5H14N2O/c1-4(6-2)5(8)7-3/h4-8H,1-3H3. The predicted molar refractivity (Wildman–Crippen MR) is 33.6 cm³/mol. The lowest BCUT2D eigenvalue weighted by atomic mass is 10.3. The lowest BCUT2D eigenvalue weighted by Gasteiger charge is -2.16. The molecule has 50 valence electrons. The van der Waals surface area contributed by atoms with Crippen molar-refractivity contribution >= 4 is 0 Å². The zero-order chi connectivity index (χ0) is 6.57. The van der Waals surface area contributed by atoms with Crippen molar-refractivity contribution in [2.75, 3.05) is 14.1 Å². The highest BCUT2D eigenvalue weighted by molar-refractivity contribution is 4.63. The Labute approximate surface area is 50.1 Å². The molecule has 0 saturated carbocycles. The van der Waals surface area contributed by atoms with E-state index in [1.165, 1.54) is 0 Å². The minimum absolute atomic E-state index is 0.111. The molecule has 0 radical (unpaired) electrons. The number of nitrogens with one attached hydrogen (secondary N) is 2. The van der Waals surface area contributed by atoms with E-state index in [1.807, 2.05) is 14.0 Å². The molecule has 0 aromatic carbocycles. The molecule has 3 N–H and O–H groups in total. The van der Waals surface area contributed by atoms with Crippen LogP contribution in [0.3, 0.4) is 0 Å². The van der Waals surface area contributed by atoms with Crippen LogP contribution in [0.15, 0.2) is 0 Å². The molecule has 0 heterocycles. The summed E-state index contributed by atoms with van der Waals surface area (Å²) in [5.74, 6) is 0. The van der Waals surface area contributed by atoms with E-state index in [9.17, 15) is 0 Å². The molecule has 0 saturated heterocycles. The molecule has 2 unspecified atom stereocenters. The van der Waals surface area contributed by atoms with Gasteiger partial charge in [-0.05, 0) is 21.0 Å². The van der Waals surface area contributed by atoms with Crippen LogP contribution in [0.25, 0.3) is 0 Å². The third-order valence-corrected chi connectivity index (χ3v) is 1.22. The Morgan fingerprint density at radius 2 is 1.75 bits per heavy atom. The summed E-state index contributed by atoms with van der Waals surface area (Å²) in [6.45, 7) is 1.90. The quantitative estimate of drug-likeness (QED) is 0.422. The topological polar surface area (TPSA) is 44.3 Å². The summed E-state index contributed by atoms with van der Waals surface area (Å²) in [6.07, 6.45) is -0.444. The van der Waals surface area contributed by atoms with Crippen LogP contribution in [0.1, 0.15) is 6.92 Å². The molecule has 8 heavy (non-hydrogen) atoms. The van der Waals surface area contributed by atoms with Gasteiger partial charge in [0.15, 0.2) is 0 Å². The molecule has 0 amide bonds. The smallest absolute Gasteiger partial charge is 0.119 e. The second-order valence-corrected chi connectivity index (χ2v) is 1.81. The van der Waals surface area contributed by atoms with Gasteiger partial charge in [0.05, 0.1) is 0 Å². The maximum atomic E-state index is 8.95. The summed E-state index contributed by atoms with van der Waals surface area (Å²) in [5, 5.41) is 14.6. The van der Waals surface area contributed by atoms with Crippen molar-refractivity contribution in [3.05, 3.63) is 0 Å². The molecule has 0 aliphatic carbocycles. The van der Waals surface area contributed by atoms with E-state index in [-0.39, 0.29) is 6.04 Å². The molecular formula is C5H14N2O. The molecule has 0 aliphatic rings. The molecule has 0 bridgehead atoms. The predicted octanol–water partition coefficient (Wildman–Crippen LogP) is -0.868. The first-order valence-electron chi connectivity index (χ1n) is 2.75. The number of hydrogen-bond acceptors (Lipinski definition) is 3. The van der Waals surface area contributed by atoms with Gasteiger partial charge >= 0.3 is 0 Å². The summed E-state index contributed by atoms with van der Waals surface area (Å²) in [7, 11) is 3.53. The van der Waals surface area contributed by atoms with E-state index in [0.29, 0.717) is 0 Å². The van der Waals surface area contributed by atoms with E-state index < -0.39 is 6.23 Å². The Kier molecular flexibility index (Phi) is 3.77. The van der Waals surface area contributed by atoms with Gasteiger partial charge in [0, 0.05) is 6.04 Å². The number of rotatable bonds is 3. The number of likely N-dealkylation sites (N-methyl/N-ethyl adjacent to an activating group) is 2. The van der Waals surface area contributed by atoms with Crippen LogP contribution in [0, 0.1) is 0 Å². The second kappa shape index (κ2) is 3.83. The average Bonchev–Trinajstić information content (AvgIpc) is 1.84. The van der Waals surface area contributed by atoms with E-state index in [2.05, 4.69) is 10.6 Å². The largest absolute Gasteiger partial charge is 0.377 e. The highest BCUT2D eigenvalue weighted by atomic mass is 16.3. The fourth-order valence-electron chi connectivity index (χ4n) is 0.408. The van der Waals surface area contributed by atoms with Gasteiger partial charge in [-0.1, -0.05) is 0 Å². The van der Waals surface area contributed by atoms with Gasteiger partial charge in [0.25, 0.3) is 0 Å². The molecular weight excluding hydrogens is 104 g/mol. The zero-order valence-electron chi connectivity index (χ0n) is 5.60. The maximum Gasteiger partial charge on any atom is 0.119 e. The summed E-state index contributed by atoms with van der Waals surface area (Å²) < 4.78 is 0. The van der Waals surface area contributed by atoms with Gasteiger partial charge in [-0.3, -0.25) is 5.32 Å². The van der Waals surface area contributed by atoms with E-state index >= 15 is 0 Å².